The zero-order valence-electron chi connectivity index (χ0n) is 20.5. The topological polar surface area (TPSA) is 35.0 Å². The molecule has 0 radical (unpaired) electrons. The monoisotopic (exact) mass is 442 g/mol. The predicted octanol–water partition coefficient (Wildman–Crippen LogP) is 8.37. The van der Waals surface area contributed by atoms with Crippen LogP contribution in [0.5, 0.6) is 5.75 Å². The van der Waals surface area contributed by atoms with E-state index in [1.54, 1.807) is 0 Å². The van der Waals surface area contributed by atoms with Crippen LogP contribution in [-0.2, 0) is 6.42 Å². The third-order valence-electron chi connectivity index (χ3n) is 6.18. The van der Waals surface area contributed by atoms with Gasteiger partial charge >= 0.3 is 0 Å². The Hall–Kier alpha value is -1.97. The fourth-order valence-corrected chi connectivity index (χ4v) is 3.91. The van der Waals surface area contributed by atoms with E-state index in [4.69, 9.17) is 4.74 Å². The molecule has 1 heterocycles. The molecular weight excluding hydrogens is 399 g/mol. The first-order valence-corrected chi connectivity index (χ1v) is 12.8. The molecule has 0 saturated heterocycles. The summed E-state index contributed by atoms with van der Waals surface area (Å²) in [5.41, 5.74) is 2.17. The van der Waals surface area contributed by atoms with Crippen molar-refractivity contribution in [2.75, 3.05) is 6.61 Å². The molecule has 32 heavy (non-hydrogen) atoms. The molecule has 0 spiro atoms. The van der Waals surface area contributed by atoms with Crippen molar-refractivity contribution < 1.29 is 9.13 Å². The first kappa shape index (κ1) is 26.3. The Morgan fingerprint density at radius 3 is 2.12 bits per heavy atom. The average molecular weight is 443 g/mol. The molecule has 0 fully saturated rings. The van der Waals surface area contributed by atoms with E-state index >= 15 is 0 Å². The normalized spacial score (nSPS) is 13.1. The van der Waals surface area contributed by atoms with Crippen LogP contribution in [0.15, 0.2) is 36.7 Å². The summed E-state index contributed by atoms with van der Waals surface area (Å²) in [5, 5.41) is 0. The second-order valence-corrected chi connectivity index (χ2v) is 9.08. The lowest BCUT2D eigenvalue weighted by Crippen LogP contribution is -2.16. The summed E-state index contributed by atoms with van der Waals surface area (Å²) in [4.78, 5) is 9.08. The van der Waals surface area contributed by atoms with Gasteiger partial charge in [0.1, 0.15) is 11.9 Å². The highest BCUT2D eigenvalue weighted by molar-refractivity contribution is 5.55. The van der Waals surface area contributed by atoms with Gasteiger partial charge in [-0.1, -0.05) is 72.1 Å². The number of alkyl halides is 1. The summed E-state index contributed by atoms with van der Waals surface area (Å²) in [6, 6.07) is 7.78. The van der Waals surface area contributed by atoms with Crippen molar-refractivity contribution in [2.24, 2.45) is 5.92 Å². The number of ether oxygens (including phenoxy) is 1. The van der Waals surface area contributed by atoms with Crippen LogP contribution in [0.2, 0.25) is 0 Å². The molecule has 0 saturated carbocycles. The SMILES string of the molecule is CCCCCCCCc1cnc(-c2ccc(OCCC(F)C(C)CCCCC)cc2)nc1. The molecular formula is C28H43FN2O. The van der Waals surface area contributed by atoms with E-state index in [1.165, 1.54) is 56.9 Å². The van der Waals surface area contributed by atoms with Crippen molar-refractivity contribution in [1.82, 2.24) is 9.97 Å². The van der Waals surface area contributed by atoms with Crippen LogP contribution in [-0.4, -0.2) is 22.7 Å². The second-order valence-electron chi connectivity index (χ2n) is 9.08. The summed E-state index contributed by atoms with van der Waals surface area (Å²) in [6.45, 7) is 6.84. The van der Waals surface area contributed by atoms with Crippen molar-refractivity contribution >= 4 is 0 Å². The molecule has 0 bridgehead atoms. The van der Waals surface area contributed by atoms with Gasteiger partial charge in [0.05, 0.1) is 6.61 Å². The van der Waals surface area contributed by atoms with E-state index in [-0.39, 0.29) is 5.92 Å². The highest BCUT2D eigenvalue weighted by atomic mass is 19.1. The predicted molar refractivity (Wildman–Crippen MR) is 133 cm³/mol. The van der Waals surface area contributed by atoms with Crippen LogP contribution < -0.4 is 4.74 Å². The zero-order valence-corrected chi connectivity index (χ0v) is 20.5. The standard InChI is InChI=1S/C28H43FN2O/c1-4-6-8-9-10-12-14-24-21-30-28(31-22-24)25-15-17-26(18-16-25)32-20-19-27(29)23(3)13-11-7-5-2/h15-18,21-23,27H,4-14,19-20H2,1-3H3. The summed E-state index contributed by atoms with van der Waals surface area (Å²) in [5.74, 6) is 1.60. The number of hydrogen-bond acceptors (Lipinski definition) is 3. The van der Waals surface area contributed by atoms with Crippen LogP contribution in [0, 0.1) is 5.92 Å². The van der Waals surface area contributed by atoms with Crippen LogP contribution in [0.25, 0.3) is 11.4 Å². The fourth-order valence-electron chi connectivity index (χ4n) is 3.91. The third-order valence-corrected chi connectivity index (χ3v) is 6.18. The Morgan fingerprint density at radius 1 is 0.812 bits per heavy atom. The smallest absolute Gasteiger partial charge is 0.159 e. The first-order chi connectivity index (χ1) is 15.6. The second kappa shape index (κ2) is 15.8. The lowest BCUT2D eigenvalue weighted by Gasteiger charge is -2.17. The van der Waals surface area contributed by atoms with Gasteiger partial charge in [0.15, 0.2) is 5.82 Å². The van der Waals surface area contributed by atoms with E-state index in [2.05, 4.69) is 23.8 Å². The lowest BCUT2D eigenvalue weighted by molar-refractivity contribution is 0.177. The summed E-state index contributed by atoms with van der Waals surface area (Å²) >= 11 is 0. The number of rotatable bonds is 17. The van der Waals surface area contributed by atoms with Gasteiger partial charge in [-0.05, 0) is 55.0 Å². The number of benzene rings is 1. The molecule has 1 aromatic heterocycles. The quantitative estimate of drug-likeness (QED) is 0.231. The molecule has 4 heteroatoms. The molecule has 2 aromatic rings. The number of unbranched alkanes of at least 4 members (excludes halogenated alkanes) is 7. The van der Waals surface area contributed by atoms with E-state index in [0.29, 0.717) is 13.0 Å². The molecule has 1 aromatic carbocycles. The van der Waals surface area contributed by atoms with E-state index in [9.17, 15) is 4.39 Å². The van der Waals surface area contributed by atoms with Crippen LogP contribution in [0.3, 0.4) is 0 Å². The molecule has 0 aliphatic rings. The minimum absolute atomic E-state index is 0.105. The van der Waals surface area contributed by atoms with Crippen LogP contribution >= 0.6 is 0 Å². The molecule has 2 rings (SSSR count). The number of hydrogen-bond donors (Lipinski definition) is 0. The van der Waals surface area contributed by atoms with Crippen molar-refractivity contribution in [3.8, 4) is 17.1 Å². The van der Waals surface area contributed by atoms with Gasteiger partial charge in [0.25, 0.3) is 0 Å². The highest BCUT2D eigenvalue weighted by Gasteiger charge is 2.16. The van der Waals surface area contributed by atoms with Gasteiger partial charge in [-0.15, -0.1) is 0 Å². The largest absolute Gasteiger partial charge is 0.493 e. The first-order valence-electron chi connectivity index (χ1n) is 12.8. The van der Waals surface area contributed by atoms with Gasteiger partial charge in [0.2, 0.25) is 0 Å². The molecule has 3 nitrogen and oxygen atoms in total. The van der Waals surface area contributed by atoms with Gasteiger partial charge in [-0.3, -0.25) is 0 Å². The Balaban J connectivity index is 1.71. The van der Waals surface area contributed by atoms with Crippen molar-refractivity contribution in [3.63, 3.8) is 0 Å². The van der Waals surface area contributed by atoms with Crippen LogP contribution in [0.4, 0.5) is 4.39 Å². The Morgan fingerprint density at radius 2 is 1.44 bits per heavy atom. The Labute approximate surface area is 195 Å². The molecule has 0 aliphatic carbocycles. The molecule has 0 amide bonds. The number of aromatic nitrogens is 2. The molecule has 2 atom stereocenters. The molecule has 0 N–H and O–H groups in total. The number of aryl methyl sites for hydroxylation is 1. The minimum Gasteiger partial charge on any atom is -0.493 e. The molecule has 2 unspecified atom stereocenters. The summed E-state index contributed by atoms with van der Waals surface area (Å²) in [6.07, 6.45) is 16.8. The van der Waals surface area contributed by atoms with E-state index in [1.807, 2.05) is 43.6 Å². The van der Waals surface area contributed by atoms with Gasteiger partial charge < -0.3 is 4.74 Å². The van der Waals surface area contributed by atoms with Crippen molar-refractivity contribution in [2.45, 2.75) is 104 Å². The number of halogens is 1. The van der Waals surface area contributed by atoms with Crippen molar-refractivity contribution in [1.29, 1.82) is 0 Å². The van der Waals surface area contributed by atoms with E-state index < -0.39 is 6.17 Å². The van der Waals surface area contributed by atoms with Crippen LogP contribution in [0.1, 0.15) is 97.0 Å². The Bertz CT molecular complexity index is 717. The zero-order chi connectivity index (χ0) is 23.0. The molecule has 0 aliphatic heterocycles. The van der Waals surface area contributed by atoms with Gasteiger partial charge in [-0.2, -0.15) is 0 Å². The summed E-state index contributed by atoms with van der Waals surface area (Å²) < 4.78 is 20.1. The lowest BCUT2D eigenvalue weighted by atomic mass is 9.97. The van der Waals surface area contributed by atoms with E-state index in [0.717, 1.165) is 36.4 Å². The number of nitrogens with zero attached hydrogens (tertiary/aromatic N) is 2. The van der Waals surface area contributed by atoms with Crippen molar-refractivity contribution in [3.05, 3.63) is 42.2 Å². The summed E-state index contributed by atoms with van der Waals surface area (Å²) in [7, 11) is 0. The maximum atomic E-state index is 14.3. The average Bonchev–Trinajstić information content (AvgIpc) is 2.82. The highest BCUT2D eigenvalue weighted by Crippen LogP contribution is 2.22. The van der Waals surface area contributed by atoms with Gasteiger partial charge in [0, 0.05) is 24.4 Å². The van der Waals surface area contributed by atoms with Gasteiger partial charge in [-0.25, -0.2) is 14.4 Å². The molecule has 178 valence electrons. The minimum atomic E-state index is -0.797. The fraction of sp³-hybridized carbons (Fsp3) is 0.643. The third kappa shape index (κ3) is 10.1. The maximum absolute atomic E-state index is 14.3. The maximum Gasteiger partial charge on any atom is 0.159 e. The Kier molecular flexibility index (Phi) is 13.0.